The summed E-state index contributed by atoms with van der Waals surface area (Å²) in [5.41, 5.74) is 0.0992. The standard InChI is InChI=1S/C11H13F3N2O2S/c1-6-8(19-10(16-6)11(12,13)14)9(17)15-5-7-3-2-4-18-7/h7H,2-5H2,1H3,(H,15,17). The second kappa shape index (κ2) is 5.46. The SMILES string of the molecule is Cc1nc(C(F)(F)F)sc1C(=O)NCC1CCCO1. The van der Waals surface area contributed by atoms with Gasteiger partial charge in [-0.15, -0.1) is 11.3 Å². The fourth-order valence-corrected chi connectivity index (χ4v) is 2.67. The summed E-state index contributed by atoms with van der Waals surface area (Å²) in [6.45, 7) is 2.38. The van der Waals surface area contributed by atoms with Crippen LogP contribution in [0.2, 0.25) is 0 Å². The molecule has 0 bridgehead atoms. The van der Waals surface area contributed by atoms with Gasteiger partial charge >= 0.3 is 6.18 Å². The molecule has 4 nitrogen and oxygen atoms in total. The van der Waals surface area contributed by atoms with E-state index in [4.69, 9.17) is 4.74 Å². The molecule has 0 aromatic carbocycles. The molecule has 8 heteroatoms. The number of aromatic nitrogens is 1. The fourth-order valence-electron chi connectivity index (χ4n) is 1.82. The van der Waals surface area contributed by atoms with Crippen molar-refractivity contribution in [1.82, 2.24) is 10.3 Å². The number of carbonyl (C=O) groups is 1. The molecule has 2 rings (SSSR count). The van der Waals surface area contributed by atoms with Crippen LogP contribution < -0.4 is 5.32 Å². The summed E-state index contributed by atoms with van der Waals surface area (Å²) in [6, 6.07) is 0. The molecule has 1 amide bonds. The van der Waals surface area contributed by atoms with Gasteiger partial charge in [0.05, 0.1) is 11.8 Å². The molecule has 2 heterocycles. The maximum atomic E-state index is 12.5. The minimum atomic E-state index is -4.51. The van der Waals surface area contributed by atoms with E-state index in [9.17, 15) is 18.0 Å². The second-order valence-electron chi connectivity index (χ2n) is 4.28. The highest BCUT2D eigenvalue weighted by Crippen LogP contribution is 2.33. The third-order valence-corrected chi connectivity index (χ3v) is 3.96. The first-order valence-electron chi connectivity index (χ1n) is 5.82. The van der Waals surface area contributed by atoms with Crippen LogP contribution in [0.4, 0.5) is 13.2 Å². The lowest BCUT2D eigenvalue weighted by Crippen LogP contribution is -2.31. The minimum Gasteiger partial charge on any atom is -0.376 e. The number of halogens is 3. The molecule has 1 fully saturated rings. The molecule has 1 aromatic rings. The molecule has 0 spiro atoms. The van der Waals surface area contributed by atoms with Crippen LogP contribution in [0.5, 0.6) is 0 Å². The maximum Gasteiger partial charge on any atom is 0.443 e. The van der Waals surface area contributed by atoms with Crippen LogP contribution in [0.3, 0.4) is 0 Å². The van der Waals surface area contributed by atoms with Crippen molar-refractivity contribution in [2.24, 2.45) is 0 Å². The summed E-state index contributed by atoms with van der Waals surface area (Å²) in [6.07, 6.45) is -2.75. The first-order chi connectivity index (χ1) is 8.88. The summed E-state index contributed by atoms with van der Waals surface area (Å²) < 4.78 is 42.7. The fraction of sp³-hybridized carbons (Fsp3) is 0.636. The van der Waals surface area contributed by atoms with E-state index >= 15 is 0 Å². The smallest absolute Gasteiger partial charge is 0.376 e. The van der Waals surface area contributed by atoms with Gasteiger partial charge in [0.2, 0.25) is 0 Å². The van der Waals surface area contributed by atoms with Crippen molar-refractivity contribution < 1.29 is 22.7 Å². The number of nitrogens with zero attached hydrogens (tertiary/aromatic N) is 1. The Morgan fingerprint density at radius 3 is 2.84 bits per heavy atom. The van der Waals surface area contributed by atoms with Crippen molar-refractivity contribution in [3.8, 4) is 0 Å². The van der Waals surface area contributed by atoms with E-state index in [-0.39, 0.29) is 16.7 Å². The Bertz CT molecular complexity index is 467. The molecule has 1 atom stereocenters. The molecule has 1 aliphatic heterocycles. The molecule has 1 aromatic heterocycles. The molecular formula is C11H13F3N2O2S. The molecule has 0 aliphatic carbocycles. The molecule has 1 saturated heterocycles. The summed E-state index contributed by atoms with van der Waals surface area (Å²) in [7, 11) is 0. The van der Waals surface area contributed by atoms with Gasteiger partial charge in [0, 0.05) is 13.2 Å². The summed E-state index contributed by atoms with van der Waals surface area (Å²) >= 11 is 0.368. The van der Waals surface area contributed by atoms with Crippen LogP contribution in [0, 0.1) is 6.92 Å². The number of ether oxygens (including phenoxy) is 1. The van der Waals surface area contributed by atoms with Gasteiger partial charge in [-0.1, -0.05) is 0 Å². The predicted octanol–water partition coefficient (Wildman–Crippen LogP) is 2.38. The third-order valence-electron chi connectivity index (χ3n) is 2.76. The average molecular weight is 294 g/mol. The summed E-state index contributed by atoms with van der Waals surface area (Å²) in [5.74, 6) is -0.527. The predicted molar refractivity (Wildman–Crippen MR) is 63.2 cm³/mol. The highest BCUT2D eigenvalue weighted by atomic mass is 32.1. The zero-order chi connectivity index (χ0) is 14.0. The van der Waals surface area contributed by atoms with Crippen molar-refractivity contribution >= 4 is 17.2 Å². The Kier molecular flexibility index (Phi) is 4.10. The largest absolute Gasteiger partial charge is 0.443 e. The molecular weight excluding hydrogens is 281 g/mol. The molecule has 19 heavy (non-hydrogen) atoms. The van der Waals surface area contributed by atoms with Crippen molar-refractivity contribution in [3.63, 3.8) is 0 Å². The second-order valence-corrected chi connectivity index (χ2v) is 5.28. The van der Waals surface area contributed by atoms with E-state index in [0.29, 0.717) is 24.5 Å². The van der Waals surface area contributed by atoms with Gasteiger partial charge < -0.3 is 10.1 Å². The molecule has 106 valence electrons. The van der Waals surface area contributed by atoms with Crippen LogP contribution in [-0.2, 0) is 10.9 Å². The van der Waals surface area contributed by atoms with Gasteiger partial charge in [0.1, 0.15) is 4.88 Å². The van der Waals surface area contributed by atoms with Crippen LogP contribution >= 0.6 is 11.3 Å². The Morgan fingerprint density at radius 1 is 1.58 bits per heavy atom. The summed E-state index contributed by atoms with van der Waals surface area (Å²) in [5, 5.41) is 1.59. The zero-order valence-corrected chi connectivity index (χ0v) is 11.0. The first kappa shape index (κ1) is 14.3. The van der Waals surface area contributed by atoms with Crippen molar-refractivity contribution in [2.75, 3.05) is 13.2 Å². The molecule has 0 saturated carbocycles. The van der Waals surface area contributed by atoms with Crippen LogP contribution in [0.1, 0.15) is 33.2 Å². The molecule has 1 aliphatic rings. The van der Waals surface area contributed by atoms with Crippen molar-refractivity contribution in [2.45, 2.75) is 32.0 Å². The lowest BCUT2D eigenvalue weighted by atomic mass is 10.2. The van der Waals surface area contributed by atoms with Gasteiger partial charge in [-0.2, -0.15) is 13.2 Å². The summed E-state index contributed by atoms with van der Waals surface area (Å²) in [4.78, 5) is 15.2. The third kappa shape index (κ3) is 3.44. The maximum absolute atomic E-state index is 12.5. The number of aryl methyl sites for hydroxylation is 1. The minimum absolute atomic E-state index is 0.00493. The zero-order valence-electron chi connectivity index (χ0n) is 10.2. The lowest BCUT2D eigenvalue weighted by Gasteiger charge is -2.09. The number of hydrogen-bond acceptors (Lipinski definition) is 4. The van der Waals surface area contributed by atoms with E-state index < -0.39 is 17.1 Å². The van der Waals surface area contributed by atoms with Gasteiger partial charge in [-0.25, -0.2) is 4.98 Å². The first-order valence-corrected chi connectivity index (χ1v) is 6.64. The van der Waals surface area contributed by atoms with E-state index in [1.807, 2.05) is 0 Å². The average Bonchev–Trinajstić information content (AvgIpc) is 2.93. The number of carbonyl (C=O) groups excluding carboxylic acids is 1. The number of hydrogen-bond donors (Lipinski definition) is 1. The molecule has 0 radical (unpaired) electrons. The van der Waals surface area contributed by atoms with Gasteiger partial charge in [0.25, 0.3) is 5.91 Å². The Morgan fingerprint density at radius 2 is 2.32 bits per heavy atom. The van der Waals surface area contributed by atoms with Crippen LogP contribution in [0.25, 0.3) is 0 Å². The van der Waals surface area contributed by atoms with Crippen molar-refractivity contribution in [3.05, 3.63) is 15.6 Å². The Hall–Kier alpha value is -1.15. The van der Waals surface area contributed by atoms with E-state index in [1.54, 1.807) is 0 Å². The molecule has 1 N–H and O–H groups in total. The number of nitrogens with one attached hydrogen (secondary N) is 1. The monoisotopic (exact) mass is 294 g/mol. The lowest BCUT2D eigenvalue weighted by molar-refractivity contribution is -0.137. The van der Waals surface area contributed by atoms with Crippen LogP contribution in [-0.4, -0.2) is 30.1 Å². The number of amides is 1. The normalized spacial score (nSPS) is 19.7. The van der Waals surface area contributed by atoms with Crippen molar-refractivity contribution in [1.29, 1.82) is 0 Å². The van der Waals surface area contributed by atoms with Crippen LogP contribution in [0.15, 0.2) is 0 Å². The number of rotatable bonds is 3. The molecule has 1 unspecified atom stereocenters. The topological polar surface area (TPSA) is 51.2 Å². The Balaban J connectivity index is 2.00. The van der Waals surface area contributed by atoms with Gasteiger partial charge in [0.15, 0.2) is 5.01 Å². The highest BCUT2D eigenvalue weighted by Gasteiger charge is 2.36. The van der Waals surface area contributed by atoms with E-state index in [0.717, 1.165) is 12.8 Å². The van der Waals surface area contributed by atoms with E-state index in [2.05, 4.69) is 10.3 Å². The number of alkyl halides is 3. The van der Waals surface area contributed by atoms with Gasteiger partial charge in [-0.3, -0.25) is 4.79 Å². The van der Waals surface area contributed by atoms with E-state index in [1.165, 1.54) is 6.92 Å². The Labute approximate surface area is 112 Å². The highest BCUT2D eigenvalue weighted by molar-refractivity contribution is 7.13. The quantitative estimate of drug-likeness (QED) is 0.931. The number of thiazole rings is 1. The van der Waals surface area contributed by atoms with Gasteiger partial charge in [-0.05, 0) is 19.8 Å².